The lowest BCUT2D eigenvalue weighted by molar-refractivity contribution is 0.0696. The molecule has 0 saturated heterocycles. The number of aromatic nitrogens is 2. The number of hydrogen-bond donors (Lipinski definition) is 1. The van der Waals surface area contributed by atoms with Crippen LogP contribution >= 0.6 is 11.6 Å². The average Bonchev–Trinajstić information content (AvgIpc) is 2.81. The Kier molecular flexibility index (Phi) is 3.44. The van der Waals surface area contributed by atoms with Crippen LogP contribution in [0.3, 0.4) is 0 Å². The molecule has 0 aliphatic carbocycles. The van der Waals surface area contributed by atoms with Crippen molar-refractivity contribution in [3.8, 4) is 0 Å². The molecule has 1 aromatic heterocycles. The van der Waals surface area contributed by atoms with Crippen molar-refractivity contribution in [3.05, 3.63) is 53.6 Å². The lowest BCUT2D eigenvalue weighted by atomic mass is 10.1. The molecule has 0 saturated carbocycles. The Balaban J connectivity index is 2.33. The minimum Gasteiger partial charge on any atom is -0.478 e. The van der Waals surface area contributed by atoms with Gasteiger partial charge in [-0.15, -0.1) is 11.6 Å². The van der Waals surface area contributed by atoms with Gasteiger partial charge in [0.2, 0.25) is 0 Å². The van der Waals surface area contributed by atoms with E-state index < -0.39 is 5.97 Å². The van der Waals surface area contributed by atoms with Gasteiger partial charge in [0.1, 0.15) is 0 Å². The molecular weight excluding hydrogens is 240 g/mol. The number of carboxylic acids is 1. The number of carbonyl (C=O) groups is 1. The van der Waals surface area contributed by atoms with Crippen LogP contribution in [0.4, 0.5) is 0 Å². The largest absolute Gasteiger partial charge is 0.478 e. The number of benzene rings is 1. The molecule has 88 valence electrons. The Bertz CT molecular complexity index is 523. The fourth-order valence-corrected chi connectivity index (χ4v) is 1.80. The number of nitrogens with zero attached hydrogens (tertiary/aromatic N) is 2. The van der Waals surface area contributed by atoms with E-state index in [0.29, 0.717) is 12.4 Å². The second-order valence-corrected chi connectivity index (χ2v) is 3.98. The standard InChI is InChI=1S/C12H11ClN2O2/c13-6-9-3-10(5-11(4-9)12(16)17)7-15-2-1-14-8-15/h1-5,8H,6-7H2,(H,16,17). The van der Waals surface area contributed by atoms with E-state index in [4.69, 9.17) is 16.7 Å². The Hall–Kier alpha value is -1.81. The summed E-state index contributed by atoms with van der Waals surface area (Å²) in [7, 11) is 0. The van der Waals surface area contributed by atoms with Crippen LogP contribution in [-0.4, -0.2) is 20.6 Å². The van der Waals surface area contributed by atoms with E-state index in [1.165, 1.54) is 0 Å². The summed E-state index contributed by atoms with van der Waals surface area (Å²) >= 11 is 5.75. The molecule has 5 heteroatoms. The molecule has 4 nitrogen and oxygen atoms in total. The molecule has 1 aromatic carbocycles. The fraction of sp³-hybridized carbons (Fsp3) is 0.167. The topological polar surface area (TPSA) is 55.1 Å². The van der Waals surface area contributed by atoms with Crippen molar-refractivity contribution in [1.29, 1.82) is 0 Å². The van der Waals surface area contributed by atoms with Crippen LogP contribution in [0.1, 0.15) is 21.5 Å². The first kappa shape index (κ1) is 11.7. The van der Waals surface area contributed by atoms with E-state index in [1.807, 2.05) is 16.8 Å². The molecular formula is C12H11ClN2O2. The molecule has 0 fully saturated rings. The number of carboxylic acid groups (broad SMARTS) is 1. The third-order valence-electron chi connectivity index (χ3n) is 2.38. The van der Waals surface area contributed by atoms with Gasteiger partial charge in [-0.1, -0.05) is 6.07 Å². The third-order valence-corrected chi connectivity index (χ3v) is 2.69. The van der Waals surface area contributed by atoms with Crippen molar-refractivity contribution in [2.45, 2.75) is 12.4 Å². The van der Waals surface area contributed by atoms with E-state index in [0.717, 1.165) is 11.1 Å². The molecule has 17 heavy (non-hydrogen) atoms. The second kappa shape index (κ2) is 5.01. The number of aromatic carboxylic acids is 1. The van der Waals surface area contributed by atoms with Gasteiger partial charge >= 0.3 is 5.97 Å². The summed E-state index contributed by atoms with van der Waals surface area (Å²) in [5, 5.41) is 8.99. The SMILES string of the molecule is O=C(O)c1cc(CCl)cc(Cn2ccnc2)c1. The predicted octanol–water partition coefficient (Wildman–Crippen LogP) is 2.37. The van der Waals surface area contributed by atoms with E-state index in [2.05, 4.69) is 4.98 Å². The van der Waals surface area contributed by atoms with Crippen LogP contribution in [0.25, 0.3) is 0 Å². The normalized spacial score (nSPS) is 10.4. The van der Waals surface area contributed by atoms with Gasteiger partial charge < -0.3 is 9.67 Å². The fourth-order valence-electron chi connectivity index (χ4n) is 1.65. The summed E-state index contributed by atoms with van der Waals surface area (Å²) in [6.45, 7) is 0.588. The maximum Gasteiger partial charge on any atom is 0.335 e. The zero-order chi connectivity index (χ0) is 12.3. The van der Waals surface area contributed by atoms with Crippen LogP contribution in [0.2, 0.25) is 0 Å². The summed E-state index contributed by atoms with van der Waals surface area (Å²) in [6.07, 6.45) is 5.20. The summed E-state index contributed by atoms with van der Waals surface area (Å²) in [5.74, 6) is -0.637. The van der Waals surface area contributed by atoms with E-state index in [1.54, 1.807) is 24.7 Å². The van der Waals surface area contributed by atoms with Gasteiger partial charge in [-0.2, -0.15) is 0 Å². The minimum atomic E-state index is -0.941. The highest BCUT2D eigenvalue weighted by atomic mass is 35.5. The number of rotatable bonds is 4. The summed E-state index contributed by atoms with van der Waals surface area (Å²) < 4.78 is 1.87. The second-order valence-electron chi connectivity index (χ2n) is 3.71. The zero-order valence-corrected chi connectivity index (χ0v) is 9.76. The highest BCUT2D eigenvalue weighted by Crippen LogP contribution is 2.14. The number of imidazole rings is 1. The Morgan fingerprint density at radius 3 is 2.71 bits per heavy atom. The van der Waals surface area contributed by atoms with Gasteiger partial charge in [0.15, 0.2) is 0 Å². The van der Waals surface area contributed by atoms with Crippen molar-refractivity contribution in [3.63, 3.8) is 0 Å². The highest BCUT2D eigenvalue weighted by Gasteiger charge is 2.07. The molecule has 0 amide bonds. The Labute approximate surface area is 103 Å². The van der Waals surface area contributed by atoms with Crippen LogP contribution in [0, 0.1) is 0 Å². The Morgan fingerprint density at radius 1 is 1.35 bits per heavy atom. The number of halogens is 1. The average molecular weight is 251 g/mol. The quantitative estimate of drug-likeness (QED) is 0.848. The first-order valence-electron chi connectivity index (χ1n) is 5.07. The summed E-state index contributed by atoms with van der Waals surface area (Å²) in [6, 6.07) is 5.14. The molecule has 1 heterocycles. The van der Waals surface area contributed by atoms with Crippen molar-refractivity contribution >= 4 is 17.6 Å². The van der Waals surface area contributed by atoms with Crippen LogP contribution < -0.4 is 0 Å². The molecule has 2 rings (SSSR count). The molecule has 0 unspecified atom stereocenters. The zero-order valence-electron chi connectivity index (χ0n) is 9.01. The van der Waals surface area contributed by atoms with Gasteiger partial charge in [-0.05, 0) is 23.3 Å². The van der Waals surface area contributed by atoms with Gasteiger partial charge in [-0.25, -0.2) is 9.78 Å². The molecule has 0 aliphatic heterocycles. The lowest BCUT2D eigenvalue weighted by Gasteiger charge is -2.06. The molecule has 0 aliphatic rings. The first-order valence-corrected chi connectivity index (χ1v) is 5.60. The monoisotopic (exact) mass is 250 g/mol. The van der Waals surface area contributed by atoms with Crippen LogP contribution in [0.5, 0.6) is 0 Å². The number of alkyl halides is 1. The van der Waals surface area contributed by atoms with Gasteiger partial charge in [0.05, 0.1) is 11.9 Å². The van der Waals surface area contributed by atoms with Crippen LogP contribution in [0.15, 0.2) is 36.9 Å². The van der Waals surface area contributed by atoms with Crippen molar-refractivity contribution in [2.24, 2.45) is 0 Å². The van der Waals surface area contributed by atoms with E-state index in [-0.39, 0.29) is 5.56 Å². The molecule has 2 aromatic rings. The maximum absolute atomic E-state index is 11.0. The maximum atomic E-state index is 11.0. The summed E-state index contributed by atoms with van der Waals surface area (Å²) in [4.78, 5) is 14.9. The first-order chi connectivity index (χ1) is 8.19. The van der Waals surface area contributed by atoms with E-state index in [9.17, 15) is 4.79 Å². The van der Waals surface area contributed by atoms with Crippen LogP contribution in [-0.2, 0) is 12.4 Å². The molecule has 0 radical (unpaired) electrons. The lowest BCUT2D eigenvalue weighted by Crippen LogP contribution is -2.02. The van der Waals surface area contributed by atoms with Gasteiger partial charge in [0, 0.05) is 24.8 Å². The molecule has 1 N–H and O–H groups in total. The van der Waals surface area contributed by atoms with Crippen molar-refractivity contribution in [1.82, 2.24) is 9.55 Å². The predicted molar refractivity (Wildman–Crippen MR) is 64.3 cm³/mol. The van der Waals surface area contributed by atoms with Gasteiger partial charge in [-0.3, -0.25) is 0 Å². The minimum absolute atomic E-state index is 0.262. The molecule has 0 spiro atoms. The summed E-state index contributed by atoms with van der Waals surface area (Å²) in [5.41, 5.74) is 1.97. The highest BCUT2D eigenvalue weighted by molar-refractivity contribution is 6.17. The number of hydrogen-bond acceptors (Lipinski definition) is 2. The van der Waals surface area contributed by atoms with Gasteiger partial charge in [0.25, 0.3) is 0 Å². The molecule has 0 atom stereocenters. The van der Waals surface area contributed by atoms with Crippen molar-refractivity contribution < 1.29 is 9.90 Å². The van der Waals surface area contributed by atoms with Crippen molar-refractivity contribution in [2.75, 3.05) is 0 Å². The van der Waals surface area contributed by atoms with E-state index >= 15 is 0 Å². The smallest absolute Gasteiger partial charge is 0.335 e. The third kappa shape index (κ3) is 2.85. The molecule has 0 bridgehead atoms. The Morgan fingerprint density at radius 2 is 2.12 bits per heavy atom.